The van der Waals surface area contributed by atoms with Crippen LogP contribution >= 0.6 is 0 Å². The number of fused-ring (bicyclic) bond motifs is 4. The number of allylic oxidation sites excluding steroid dienone is 1. The molecule has 19 atom stereocenters. The van der Waals surface area contributed by atoms with Crippen molar-refractivity contribution < 1.29 is 111 Å². The summed E-state index contributed by atoms with van der Waals surface area (Å²) in [5.74, 6) is -0.763. The van der Waals surface area contributed by atoms with Gasteiger partial charge in [-0.1, -0.05) is 39.3 Å². The summed E-state index contributed by atoms with van der Waals surface area (Å²) in [5.41, 5.74) is -5.93. The molecule has 0 aromatic rings. The number of hydrogen-bond donors (Lipinski definition) is 6. The number of aliphatic hydroxyl groups is 6. The van der Waals surface area contributed by atoms with Crippen LogP contribution < -0.4 is 29.6 Å². The molecule has 4 heterocycles. The Kier molecular flexibility index (Phi) is 12.2. The number of carbonyl (C=O) groups is 1. The Morgan fingerprint density at radius 2 is 1.52 bits per heavy atom. The summed E-state index contributed by atoms with van der Waals surface area (Å²) in [4.78, 5) is 14.5. The zero-order chi connectivity index (χ0) is 43.3. The van der Waals surface area contributed by atoms with Crippen molar-refractivity contribution in [2.24, 2.45) is 33.5 Å². The standard InChI is InChI=1S/C41H64O17S.Na/c1-19-27(43)29(45)30(46)32(53-19)55-31-28(44)22(58-59(49,50)51)18-52-33(31)54-25-12-14-37(6)21-17-24(42)41-34(47)57-39(8,26-11-13-35(2,3)56-26)40(41,48)16-15-38(41,7)20(21)9-10-23(37)36(25,4)5;/h17,19-20,22-33,42-46,48H,9-16,18H2,1-8H3,(H,49,50,51);/q;+1/p-1/t19?,20?,22?,23?,24?,25?,26?,27?,28?,29?,30?,31?,32?,33?,37-,38+,39+,40+,41-;/m1./s1. The first-order valence-electron chi connectivity index (χ1n) is 21.2. The minimum Gasteiger partial charge on any atom is -0.726 e. The smallest absolute Gasteiger partial charge is 0.726 e. The molecular weight excluding hydrogens is 819 g/mol. The van der Waals surface area contributed by atoms with Gasteiger partial charge in [0.05, 0.1) is 30.5 Å². The molecule has 4 aliphatic heterocycles. The normalized spacial score (nSPS) is 53.2. The first-order chi connectivity index (χ1) is 27.2. The van der Waals surface area contributed by atoms with Crippen LogP contribution in [0.1, 0.15) is 107 Å². The van der Waals surface area contributed by atoms with E-state index in [1.165, 1.54) is 6.92 Å². The summed E-state index contributed by atoms with van der Waals surface area (Å²) in [7, 11) is -5.29. The molecule has 60 heavy (non-hydrogen) atoms. The number of carbonyl (C=O) groups excluding carboxylic acids is 1. The Morgan fingerprint density at radius 1 is 0.833 bits per heavy atom. The second-order valence-electron chi connectivity index (χ2n) is 20.7. The number of hydrogen-bond acceptors (Lipinski definition) is 17. The maximum atomic E-state index is 14.5. The fourth-order valence-electron chi connectivity index (χ4n) is 13.7. The molecule has 4 aliphatic carbocycles. The second-order valence-corrected chi connectivity index (χ2v) is 21.7. The monoisotopic (exact) mass is 882 g/mol. The SMILES string of the molecule is CC1OC(OC2C(OC3CC[C@]4(C)C5=CC(O)[C@]67C(=O)O[C@@](C)(C8CCC(C)(C)O8)[C@@]6(O)CC[C@@]7(C)C5CCC4C3(C)C)OCC(OS(=O)(=O)[O-])C2O)C(O)C(O)C1O.[Na+]. The maximum Gasteiger partial charge on any atom is 1.00 e. The third kappa shape index (κ3) is 6.66. The molecule has 17 nitrogen and oxygen atoms in total. The Hall–Kier alpha value is -0.360. The van der Waals surface area contributed by atoms with Gasteiger partial charge in [-0.3, -0.25) is 8.98 Å². The Labute approximate surface area is 374 Å². The third-order valence-corrected chi connectivity index (χ3v) is 17.4. The van der Waals surface area contributed by atoms with Crippen molar-refractivity contribution in [3.8, 4) is 0 Å². The van der Waals surface area contributed by atoms with Gasteiger partial charge in [0.1, 0.15) is 53.7 Å². The first kappa shape index (κ1) is 47.6. The molecule has 336 valence electrons. The van der Waals surface area contributed by atoms with Gasteiger partial charge in [-0.15, -0.1) is 0 Å². The molecule has 0 aromatic heterocycles. The Balaban J connectivity index is 0.00000544. The van der Waals surface area contributed by atoms with Crippen LogP contribution in [0.15, 0.2) is 11.6 Å². The van der Waals surface area contributed by atoms with Crippen molar-refractivity contribution in [3.05, 3.63) is 11.6 Å². The van der Waals surface area contributed by atoms with Crippen LogP contribution in [0.4, 0.5) is 0 Å². The van der Waals surface area contributed by atoms with E-state index in [4.69, 9.17) is 28.4 Å². The number of ether oxygens (including phenoxy) is 6. The average Bonchev–Trinajstić information content (AvgIpc) is 3.70. The summed E-state index contributed by atoms with van der Waals surface area (Å²) in [6, 6.07) is 0. The van der Waals surface area contributed by atoms with E-state index in [1.807, 2.05) is 26.8 Å². The molecule has 8 rings (SSSR count). The topological polar surface area (TPSA) is 260 Å². The van der Waals surface area contributed by atoms with Gasteiger partial charge in [0.25, 0.3) is 0 Å². The molecule has 6 N–H and O–H groups in total. The summed E-state index contributed by atoms with van der Waals surface area (Å²) in [6.45, 7) is 15.0. The van der Waals surface area contributed by atoms with Crippen molar-refractivity contribution in [1.29, 1.82) is 0 Å². The Morgan fingerprint density at radius 3 is 2.15 bits per heavy atom. The van der Waals surface area contributed by atoms with E-state index in [2.05, 4.69) is 25.0 Å². The zero-order valence-electron chi connectivity index (χ0n) is 36.1. The predicted molar refractivity (Wildman–Crippen MR) is 201 cm³/mol. The Bertz CT molecular complexity index is 1830. The molecule has 4 saturated heterocycles. The van der Waals surface area contributed by atoms with Gasteiger partial charge in [-0.05, 0) is 107 Å². The molecule has 0 amide bonds. The molecule has 8 aliphatic rings. The molecule has 0 bridgehead atoms. The summed E-state index contributed by atoms with van der Waals surface area (Å²) in [6.07, 6.45) is -10.0. The zero-order valence-corrected chi connectivity index (χ0v) is 38.9. The van der Waals surface area contributed by atoms with Crippen molar-refractivity contribution >= 4 is 16.4 Å². The fraction of sp³-hybridized carbons (Fsp3) is 0.927. The van der Waals surface area contributed by atoms with Crippen LogP contribution in [0.5, 0.6) is 0 Å². The molecule has 0 radical (unpaired) electrons. The largest absolute Gasteiger partial charge is 1.00 e. The van der Waals surface area contributed by atoms with Gasteiger partial charge in [0, 0.05) is 0 Å². The molecule has 14 unspecified atom stereocenters. The van der Waals surface area contributed by atoms with Crippen molar-refractivity contribution in [3.63, 3.8) is 0 Å². The van der Waals surface area contributed by atoms with Crippen molar-refractivity contribution in [2.75, 3.05) is 6.61 Å². The third-order valence-electron chi connectivity index (χ3n) is 16.9. The number of rotatable bonds is 7. The minimum atomic E-state index is -5.29. The van der Waals surface area contributed by atoms with Crippen LogP contribution in [-0.4, -0.2) is 147 Å². The van der Waals surface area contributed by atoms with Gasteiger partial charge in [0.15, 0.2) is 18.2 Å². The summed E-state index contributed by atoms with van der Waals surface area (Å²) >= 11 is 0. The minimum absolute atomic E-state index is 0. The summed E-state index contributed by atoms with van der Waals surface area (Å²) < 4.78 is 76.1. The average molecular weight is 883 g/mol. The van der Waals surface area contributed by atoms with Crippen LogP contribution in [0.25, 0.3) is 0 Å². The van der Waals surface area contributed by atoms with E-state index < -0.39 is 135 Å². The van der Waals surface area contributed by atoms with E-state index in [-0.39, 0.29) is 47.8 Å². The van der Waals surface area contributed by atoms with Crippen molar-refractivity contribution in [2.45, 2.75) is 197 Å². The van der Waals surface area contributed by atoms with E-state index in [0.29, 0.717) is 38.5 Å². The first-order valence-corrected chi connectivity index (χ1v) is 22.5. The van der Waals surface area contributed by atoms with Gasteiger partial charge in [-0.25, -0.2) is 8.42 Å². The van der Waals surface area contributed by atoms with Gasteiger partial charge in [0.2, 0.25) is 10.4 Å². The fourth-order valence-corrected chi connectivity index (χ4v) is 14.2. The second kappa shape index (κ2) is 15.4. The number of esters is 1. The molecule has 0 aromatic carbocycles. The molecule has 7 fully saturated rings. The predicted octanol–water partition coefficient (Wildman–Crippen LogP) is -1.90. The van der Waals surface area contributed by atoms with Gasteiger partial charge < -0.3 is 63.6 Å². The molecule has 19 heteroatoms. The number of cyclic esters (lactones) is 1. The van der Waals surface area contributed by atoms with Crippen LogP contribution in [0.2, 0.25) is 0 Å². The van der Waals surface area contributed by atoms with Crippen molar-refractivity contribution in [1.82, 2.24) is 0 Å². The molecule has 1 spiro atoms. The number of aliphatic hydroxyl groups excluding tert-OH is 5. The quantitative estimate of drug-likeness (QED) is 0.0407. The molecular formula is C41H63NaO17S. The van der Waals surface area contributed by atoms with Gasteiger partial charge >= 0.3 is 35.5 Å². The van der Waals surface area contributed by atoms with E-state index in [1.54, 1.807) is 6.92 Å². The van der Waals surface area contributed by atoms with E-state index in [0.717, 1.165) is 12.0 Å². The van der Waals surface area contributed by atoms with E-state index in [9.17, 15) is 48.4 Å². The van der Waals surface area contributed by atoms with Crippen LogP contribution in [0, 0.1) is 33.5 Å². The van der Waals surface area contributed by atoms with Gasteiger partial charge in [-0.2, -0.15) is 0 Å². The molecule has 3 saturated carbocycles. The van der Waals surface area contributed by atoms with E-state index >= 15 is 0 Å². The van der Waals surface area contributed by atoms with Crippen LogP contribution in [-0.2, 0) is 47.8 Å². The maximum absolute atomic E-state index is 14.5. The van der Waals surface area contributed by atoms with Crippen LogP contribution in [0.3, 0.4) is 0 Å². The summed E-state index contributed by atoms with van der Waals surface area (Å²) in [5, 5.41) is 68.1.